The number of phenolic OH excluding ortho intramolecular Hbond substituents is 1. The third-order valence-electron chi connectivity index (χ3n) is 4.76. The summed E-state index contributed by atoms with van der Waals surface area (Å²) >= 11 is 0. The second-order valence-electron chi connectivity index (χ2n) is 6.92. The molecule has 1 saturated carbocycles. The van der Waals surface area contributed by atoms with Crippen molar-refractivity contribution in [2.45, 2.75) is 49.7 Å². The number of hydrogen-bond acceptors (Lipinski definition) is 5. The molecule has 1 unspecified atom stereocenters. The maximum Gasteiger partial charge on any atom is 0.435 e. The average Bonchev–Trinajstić information content (AvgIpc) is 3.39. The van der Waals surface area contributed by atoms with Crippen LogP contribution in [0.3, 0.4) is 0 Å². The molecule has 11 heteroatoms. The van der Waals surface area contributed by atoms with E-state index < -0.39 is 33.7 Å². The molecule has 1 aromatic heterocycles. The van der Waals surface area contributed by atoms with Crippen LogP contribution < -0.4 is 5.32 Å². The van der Waals surface area contributed by atoms with Gasteiger partial charge in [-0.05, 0) is 44.0 Å². The van der Waals surface area contributed by atoms with Crippen molar-refractivity contribution in [2.24, 2.45) is 0 Å². The molecule has 0 radical (unpaired) electrons. The van der Waals surface area contributed by atoms with Gasteiger partial charge in [-0.1, -0.05) is 6.92 Å². The molecule has 0 aliphatic heterocycles. The highest BCUT2D eigenvalue weighted by molar-refractivity contribution is 7.91. The van der Waals surface area contributed by atoms with Crippen LogP contribution in [-0.2, 0) is 20.8 Å². The fraction of sp³-hybridized carbons (Fsp3) is 0.444. The summed E-state index contributed by atoms with van der Waals surface area (Å²) in [4.78, 5) is 12.6. The Kier molecular flexibility index (Phi) is 5.37. The number of nitrogens with one attached hydrogen (secondary N) is 1. The van der Waals surface area contributed by atoms with E-state index in [-0.39, 0.29) is 28.0 Å². The van der Waals surface area contributed by atoms with Gasteiger partial charge in [-0.3, -0.25) is 9.48 Å². The van der Waals surface area contributed by atoms with Crippen molar-refractivity contribution in [3.63, 3.8) is 0 Å². The van der Waals surface area contributed by atoms with Crippen LogP contribution in [0.1, 0.15) is 50.0 Å². The zero-order valence-corrected chi connectivity index (χ0v) is 16.5. The number of rotatable bonds is 6. The fourth-order valence-electron chi connectivity index (χ4n) is 2.87. The van der Waals surface area contributed by atoms with Gasteiger partial charge in [0.2, 0.25) is 5.91 Å². The first kappa shape index (κ1) is 21.2. The second kappa shape index (κ2) is 7.36. The minimum atomic E-state index is -4.63. The van der Waals surface area contributed by atoms with Gasteiger partial charge >= 0.3 is 6.18 Å². The number of sulfone groups is 1. The van der Waals surface area contributed by atoms with Crippen molar-refractivity contribution in [1.82, 2.24) is 9.78 Å². The Bertz CT molecular complexity index is 1040. The lowest BCUT2D eigenvalue weighted by molar-refractivity contribution is -0.141. The number of alkyl halides is 3. The summed E-state index contributed by atoms with van der Waals surface area (Å²) in [5.41, 5.74) is -0.892. The molecule has 0 saturated heterocycles. The van der Waals surface area contributed by atoms with E-state index in [2.05, 4.69) is 10.4 Å². The van der Waals surface area contributed by atoms with Crippen LogP contribution >= 0.6 is 0 Å². The largest absolute Gasteiger partial charge is 0.506 e. The molecule has 2 N–H and O–H groups in total. The summed E-state index contributed by atoms with van der Waals surface area (Å²) in [7, 11) is -3.57. The molecule has 1 aliphatic rings. The Morgan fingerprint density at radius 2 is 2.00 bits per heavy atom. The van der Waals surface area contributed by atoms with Crippen molar-refractivity contribution in [3.8, 4) is 5.75 Å². The summed E-state index contributed by atoms with van der Waals surface area (Å²) in [5.74, 6) is -1.34. The third-order valence-corrected chi connectivity index (χ3v) is 6.49. The maximum absolute atomic E-state index is 13.1. The van der Waals surface area contributed by atoms with Crippen molar-refractivity contribution in [3.05, 3.63) is 35.7 Å². The van der Waals surface area contributed by atoms with Crippen LogP contribution in [0.15, 0.2) is 29.2 Å². The quantitative estimate of drug-likeness (QED) is 0.682. The van der Waals surface area contributed by atoms with Gasteiger partial charge in [0.25, 0.3) is 0 Å². The number of nitrogens with zero attached hydrogens (tertiary/aromatic N) is 2. The van der Waals surface area contributed by atoms with Gasteiger partial charge in [-0.15, -0.1) is 0 Å². The average molecular weight is 431 g/mol. The molecule has 7 nitrogen and oxygen atoms in total. The fourth-order valence-corrected chi connectivity index (χ4v) is 3.77. The van der Waals surface area contributed by atoms with Crippen molar-refractivity contribution in [2.75, 3.05) is 11.1 Å². The van der Waals surface area contributed by atoms with E-state index in [1.54, 1.807) is 0 Å². The molecule has 1 aliphatic carbocycles. The molecule has 1 fully saturated rings. The van der Waals surface area contributed by atoms with Gasteiger partial charge < -0.3 is 10.4 Å². The Labute approximate surface area is 165 Å². The number of hydrogen-bond donors (Lipinski definition) is 2. The van der Waals surface area contributed by atoms with E-state index in [4.69, 9.17) is 0 Å². The molecule has 3 rings (SSSR count). The molecule has 0 spiro atoms. The Balaban J connectivity index is 1.89. The van der Waals surface area contributed by atoms with E-state index in [0.717, 1.165) is 35.7 Å². The normalized spacial score (nSPS) is 15.9. The highest BCUT2D eigenvalue weighted by atomic mass is 32.2. The molecular formula is C18H20F3N3O4S. The van der Waals surface area contributed by atoms with Gasteiger partial charge in [-0.2, -0.15) is 18.3 Å². The van der Waals surface area contributed by atoms with E-state index >= 15 is 0 Å². The third kappa shape index (κ3) is 4.39. The predicted octanol–water partition coefficient (Wildman–Crippen LogP) is 3.48. The SMILES string of the molecule is CCS(=O)(=O)c1ccc(O)c(NC(=O)C(C)n2nc(C(F)(F)F)cc2C2CC2)c1. The maximum atomic E-state index is 13.1. The van der Waals surface area contributed by atoms with E-state index in [9.17, 15) is 31.5 Å². The minimum Gasteiger partial charge on any atom is -0.506 e. The van der Waals surface area contributed by atoms with E-state index in [1.165, 1.54) is 19.9 Å². The molecule has 1 heterocycles. The standard InChI is InChI=1S/C18H20F3N3O4S/c1-3-29(27,28)12-6-7-15(25)13(8-12)22-17(26)10(2)24-14(11-4-5-11)9-16(23-24)18(19,20)21/h6-11,25H,3-5H2,1-2H3,(H,22,26). The number of amides is 1. The number of aromatic hydroxyl groups is 1. The second-order valence-corrected chi connectivity index (χ2v) is 9.20. The lowest BCUT2D eigenvalue weighted by atomic mass is 10.2. The van der Waals surface area contributed by atoms with Gasteiger partial charge in [-0.25, -0.2) is 8.42 Å². The van der Waals surface area contributed by atoms with Crippen LogP contribution in [0.2, 0.25) is 0 Å². The molecule has 1 aromatic carbocycles. The van der Waals surface area contributed by atoms with E-state index in [0.29, 0.717) is 5.69 Å². The number of carbonyl (C=O) groups excluding carboxylic acids is 1. The number of carbonyl (C=O) groups is 1. The van der Waals surface area contributed by atoms with Gasteiger partial charge in [0.1, 0.15) is 11.8 Å². The minimum absolute atomic E-state index is 0.0831. The van der Waals surface area contributed by atoms with Crippen LogP contribution in [0.4, 0.5) is 18.9 Å². The lowest BCUT2D eigenvalue weighted by Gasteiger charge is -2.17. The first-order chi connectivity index (χ1) is 13.4. The first-order valence-electron chi connectivity index (χ1n) is 8.97. The highest BCUT2D eigenvalue weighted by Gasteiger charge is 2.39. The monoisotopic (exact) mass is 431 g/mol. The Morgan fingerprint density at radius 3 is 2.55 bits per heavy atom. The lowest BCUT2D eigenvalue weighted by Crippen LogP contribution is -2.26. The molecule has 29 heavy (non-hydrogen) atoms. The summed E-state index contributed by atoms with van der Waals surface area (Å²) in [6.07, 6.45) is -3.20. The summed E-state index contributed by atoms with van der Waals surface area (Å²) in [5, 5.41) is 15.9. The van der Waals surface area contributed by atoms with E-state index in [1.807, 2.05) is 0 Å². The molecule has 1 amide bonds. The topological polar surface area (TPSA) is 101 Å². The molecule has 0 bridgehead atoms. The van der Waals surface area contributed by atoms with Gasteiger partial charge in [0.05, 0.1) is 16.3 Å². The molecular weight excluding hydrogens is 411 g/mol. The predicted molar refractivity (Wildman–Crippen MR) is 98.4 cm³/mol. The molecule has 1 atom stereocenters. The van der Waals surface area contributed by atoms with Crippen molar-refractivity contribution in [1.29, 1.82) is 0 Å². The summed E-state index contributed by atoms with van der Waals surface area (Å²) in [6, 6.07) is 3.31. The van der Waals surface area contributed by atoms with Gasteiger partial charge in [0, 0.05) is 11.6 Å². The number of benzene rings is 1. The van der Waals surface area contributed by atoms with Gasteiger partial charge in [0.15, 0.2) is 15.5 Å². The molecule has 2 aromatic rings. The number of phenols is 1. The van der Waals surface area contributed by atoms with Crippen LogP contribution in [0.25, 0.3) is 0 Å². The first-order valence-corrected chi connectivity index (χ1v) is 10.6. The zero-order chi connectivity index (χ0) is 21.6. The van der Waals surface area contributed by atoms with Crippen LogP contribution in [-0.4, -0.2) is 35.0 Å². The van der Waals surface area contributed by atoms with Crippen molar-refractivity contribution < 1.29 is 31.5 Å². The van der Waals surface area contributed by atoms with Crippen LogP contribution in [0, 0.1) is 0 Å². The zero-order valence-electron chi connectivity index (χ0n) is 15.7. The summed E-state index contributed by atoms with van der Waals surface area (Å²) < 4.78 is 64.2. The summed E-state index contributed by atoms with van der Waals surface area (Å²) in [6.45, 7) is 2.84. The number of anilines is 1. The Hall–Kier alpha value is -2.56. The number of halogens is 3. The number of aromatic nitrogens is 2. The van der Waals surface area contributed by atoms with Crippen molar-refractivity contribution >= 4 is 21.4 Å². The Morgan fingerprint density at radius 1 is 1.34 bits per heavy atom. The smallest absolute Gasteiger partial charge is 0.435 e. The molecule has 158 valence electrons. The van der Waals surface area contributed by atoms with Crippen LogP contribution in [0.5, 0.6) is 5.75 Å². The highest BCUT2D eigenvalue weighted by Crippen LogP contribution is 2.43.